The zero-order chi connectivity index (χ0) is 15.9. The molecule has 2 aromatic carbocycles. The molecule has 0 bridgehead atoms. The van der Waals surface area contributed by atoms with E-state index < -0.39 is 11.8 Å². The number of carbonyl (C=O) groups is 2. The van der Waals surface area contributed by atoms with Gasteiger partial charge in [-0.05, 0) is 36.2 Å². The van der Waals surface area contributed by atoms with Gasteiger partial charge in [0, 0.05) is 10.7 Å². The molecule has 2 N–H and O–H groups in total. The average Bonchev–Trinajstić information content (AvgIpc) is 2.51. The summed E-state index contributed by atoms with van der Waals surface area (Å²) in [4.78, 5) is 23.4. The third kappa shape index (κ3) is 4.43. The fourth-order valence-electron chi connectivity index (χ4n) is 1.70. The molecule has 6 heteroatoms. The molecule has 0 aliphatic rings. The van der Waals surface area contributed by atoms with Gasteiger partial charge in [-0.3, -0.25) is 9.59 Å². The average molecular weight is 316 g/mol. The molecule has 5 nitrogen and oxygen atoms in total. The van der Waals surface area contributed by atoms with Crippen LogP contribution in [-0.4, -0.2) is 18.0 Å². The highest BCUT2D eigenvalue weighted by Crippen LogP contribution is 2.19. The number of benzene rings is 2. The van der Waals surface area contributed by atoms with Crippen LogP contribution in [0.25, 0.3) is 0 Å². The second-order valence-corrected chi connectivity index (χ2v) is 4.96. The highest BCUT2D eigenvalue weighted by molar-refractivity contribution is 6.39. The van der Waals surface area contributed by atoms with Crippen LogP contribution in [-0.2, 0) is 9.59 Å². The highest BCUT2D eigenvalue weighted by Gasteiger charge is 2.13. The van der Waals surface area contributed by atoms with Crippen LogP contribution < -0.4 is 10.7 Å². The Bertz CT molecular complexity index is 715. The van der Waals surface area contributed by atoms with Crippen molar-refractivity contribution in [2.75, 3.05) is 5.32 Å². The molecule has 112 valence electrons. The lowest BCUT2D eigenvalue weighted by Gasteiger charge is -2.07. The fourth-order valence-corrected chi connectivity index (χ4v) is 1.93. The van der Waals surface area contributed by atoms with Crippen molar-refractivity contribution in [3.05, 3.63) is 64.7 Å². The van der Waals surface area contributed by atoms with Gasteiger partial charge < -0.3 is 5.32 Å². The first kappa shape index (κ1) is 15.7. The van der Waals surface area contributed by atoms with E-state index in [1.807, 2.05) is 30.3 Å². The lowest BCUT2D eigenvalue weighted by molar-refractivity contribution is -0.136. The predicted octanol–water partition coefficient (Wildman–Crippen LogP) is 2.74. The molecule has 0 heterocycles. The molecule has 2 aromatic rings. The number of hydrogen-bond donors (Lipinski definition) is 2. The standard InChI is InChI=1S/C16H14ClN3O2/c1-11-9-13(17)7-8-14(11)19-15(21)16(22)20-18-10-12-5-3-2-4-6-12/h2-10H,1H3,(H,19,21)(H,20,22). The van der Waals surface area contributed by atoms with Gasteiger partial charge in [0.1, 0.15) is 0 Å². The maximum atomic E-state index is 11.8. The van der Waals surface area contributed by atoms with Crippen LogP contribution in [0, 0.1) is 6.92 Å². The zero-order valence-corrected chi connectivity index (χ0v) is 12.6. The minimum atomic E-state index is -0.846. The number of aryl methyl sites for hydroxylation is 1. The molecule has 2 rings (SSSR count). The molecule has 0 aliphatic heterocycles. The molecule has 0 fully saturated rings. The van der Waals surface area contributed by atoms with E-state index in [2.05, 4.69) is 15.8 Å². The van der Waals surface area contributed by atoms with E-state index in [0.717, 1.165) is 11.1 Å². The van der Waals surface area contributed by atoms with Gasteiger partial charge in [0.25, 0.3) is 0 Å². The van der Waals surface area contributed by atoms with E-state index in [0.29, 0.717) is 10.7 Å². The van der Waals surface area contributed by atoms with Crippen LogP contribution in [0.15, 0.2) is 53.6 Å². The summed E-state index contributed by atoms with van der Waals surface area (Å²) in [5.74, 6) is -1.64. The van der Waals surface area contributed by atoms with Crippen molar-refractivity contribution in [1.82, 2.24) is 5.43 Å². The molecule has 0 spiro atoms. The number of hydrazone groups is 1. The SMILES string of the molecule is Cc1cc(Cl)ccc1NC(=O)C(=O)NN=Cc1ccccc1. The molecule has 0 aliphatic carbocycles. The Morgan fingerprint density at radius 2 is 1.82 bits per heavy atom. The van der Waals surface area contributed by atoms with E-state index in [1.54, 1.807) is 25.1 Å². The van der Waals surface area contributed by atoms with E-state index in [-0.39, 0.29) is 0 Å². The largest absolute Gasteiger partial charge is 0.329 e. The summed E-state index contributed by atoms with van der Waals surface area (Å²) in [6, 6.07) is 14.2. The molecule has 2 amide bonds. The van der Waals surface area contributed by atoms with Gasteiger partial charge >= 0.3 is 11.8 Å². The molecular weight excluding hydrogens is 302 g/mol. The van der Waals surface area contributed by atoms with E-state index in [4.69, 9.17) is 11.6 Å². The van der Waals surface area contributed by atoms with Crippen LogP contribution in [0.5, 0.6) is 0 Å². The lowest BCUT2D eigenvalue weighted by atomic mass is 10.2. The minimum absolute atomic E-state index is 0.525. The first-order valence-electron chi connectivity index (χ1n) is 6.52. The van der Waals surface area contributed by atoms with Crippen LogP contribution in [0.2, 0.25) is 5.02 Å². The summed E-state index contributed by atoms with van der Waals surface area (Å²) in [6.07, 6.45) is 1.46. The monoisotopic (exact) mass is 315 g/mol. The van der Waals surface area contributed by atoms with Crippen molar-refractivity contribution in [1.29, 1.82) is 0 Å². The number of amides is 2. The quantitative estimate of drug-likeness (QED) is 0.519. The van der Waals surface area contributed by atoms with Crippen molar-refractivity contribution in [2.45, 2.75) is 6.92 Å². The molecule has 0 aromatic heterocycles. The molecule has 0 saturated carbocycles. The number of anilines is 1. The summed E-state index contributed by atoms with van der Waals surface area (Å²) in [6.45, 7) is 1.78. The number of halogens is 1. The molecule has 0 atom stereocenters. The third-order valence-corrected chi connectivity index (χ3v) is 3.06. The van der Waals surface area contributed by atoms with E-state index in [9.17, 15) is 9.59 Å². The van der Waals surface area contributed by atoms with Crippen LogP contribution >= 0.6 is 11.6 Å². The first-order chi connectivity index (χ1) is 10.6. The number of nitrogens with one attached hydrogen (secondary N) is 2. The summed E-state index contributed by atoms with van der Waals surface area (Å²) >= 11 is 5.83. The third-order valence-electron chi connectivity index (χ3n) is 2.82. The Labute approximate surface area is 133 Å². The summed E-state index contributed by atoms with van der Waals surface area (Å²) < 4.78 is 0. The molecule has 0 radical (unpaired) electrons. The lowest BCUT2D eigenvalue weighted by Crippen LogP contribution is -2.32. The zero-order valence-electron chi connectivity index (χ0n) is 11.8. The number of carbonyl (C=O) groups excluding carboxylic acids is 2. The highest BCUT2D eigenvalue weighted by atomic mass is 35.5. The van der Waals surface area contributed by atoms with Crippen LogP contribution in [0.4, 0.5) is 5.69 Å². The van der Waals surface area contributed by atoms with E-state index in [1.165, 1.54) is 6.21 Å². The molecule has 22 heavy (non-hydrogen) atoms. The van der Waals surface area contributed by atoms with Crippen molar-refractivity contribution in [3.8, 4) is 0 Å². The smallest absolute Gasteiger partial charge is 0.317 e. The predicted molar refractivity (Wildman–Crippen MR) is 87.0 cm³/mol. The Kier molecular flexibility index (Phi) is 5.27. The Balaban J connectivity index is 1.92. The maximum absolute atomic E-state index is 11.8. The van der Waals surface area contributed by atoms with Gasteiger partial charge in [-0.25, -0.2) is 5.43 Å². The van der Waals surface area contributed by atoms with Gasteiger partial charge in [-0.15, -0.1) is 0 Å². The Morgan fingerprint density at radius 3 is 2.50 bits per heavy atom. The Morgan fingerprint density at radius 1 is 1.09 bits per heavy atom. The van der Waals surface area contributed by atoms with Crippen molar-refractivity contribution < 1.29 is 9.59 Å². The normalized spacial score (nSPS) is 10.5. The fraction of sp³-hybridized carbons (Fsp3) is 0.0625. The van der Waals surface area contributed by atoms with Gasteiger partial charge in [-0.2, -0.15) is 5.10 Å². The Hall–Kier alpha value is -2.66. The van der Waals surface area contributed by atoms with Crippen molar-refractivity contribution in [2.24, 2.45) is 5.10 Å². The van der Waals surface area contributed by atoms with Crippen LogP contribution in [0.3, 0.4) is 0 Å². The second-order valence-electron chi connectivity index (χ2n) is 4.52. The van der Waals surface area contributed by atoms with Gasteiger partial charge in [0.2, 0.25) is 0 Å². The summed E-state index contributed by atoms with van der Waals surface area (Å²) in [5.41, 5.74) is 4.28. The van der Waals surface area contributed by atoms with Crippen molar-refractivity contribution >= 4 is 35.3 Å². The minimum Gasteiger partial charge on any atom is -0.317 e. The summed E-state index contributed by atoms with van der Waals surface area (Å²) in [5, 5.41) is 6.80. The van der Waals surface area contributed by atoms with E-state index >= 15 is 0 Å². The maximum Gasteiger partial charge on any atom is 0.329 e. The van der Waals surface area contributed by atoms with Gasteiger partial charge in [0.05, 0.1) is 6.21 Å². The molecule has 0 saturated heterocycles. The van der Waals surface area contributed by atoms with Gasteiger partial charge in [-0.1, -0.05) is 41.9 Å². The molecule has 0 unspecified atom stereocenters. The van der Waals surface area contributed by atoms with Crippen LogP contribution in [0.1, 0.15) is 11.1 Å². The van der Waals surface area contributed by atoms with Crippen molar-refractivity contribution in [3.63, 3.8) is 0 Å². The second kappa shape index (κ2) is 7.38. The number of rotatable bonds is 3. The first-order valence-corrected chi connectivity index (χ1v) is 6.89. The topological polar surface area (TPSA) is 70.6 Å². The van der Waals surface area contributed by atoms with Gasteiger partial charge in [0.15, 0.2) is 0 Å². The number of hydrogen-bond acceptors (Lipinski definition) is 3. The number of nitrogens with zero attached hydrogens (tertiary/aromatic N) is 1. The molecular formula is C16H14ClN3O2. The summed E-state index contributed by atoms with van der Waals surface area (Å²) in [7, 11) is 0.